The van der Waals surface area contributed by atoms with Gasteiger partial charge in [0.25, 0.3) is 0 Å². The van der Waals surface area contributed by atoms with Crippen molar-refractivity contribution in [2.75, 3.05) is 13.7 Å². The summed E-state index contributed by atoms with van der Waals surface area (Å²) in [6.07, 6.45) is 0.999. The van der Waals surface area contributed by atoms with Crippen LogP contribution in [0.15, 0.2) is 128 Å². The van der Waals surface area contributed by atoms with Gasteiger partial charge in [0.2, 0.25) is 5.91 Å². The largest absolute Gasteiger partial charge is 0.497 e. The maximum Gasteiger partial charge on any atom is 0.356 e. The molecule has 4 aromatic rings. The van der Waals surface area contributed by atoms with Crippen molar-refractivity contribution < 1.29 is 28.3 Å². The lowest BCUT2D eigenvalue weighted by atomic mass is 9.79. The lowest BCUT2D eigenvalue weighted by Gasteiger charge is -2.52. The highest BCUT2D eigenvalue weighted by Gasteiger charge is 2.56. The summed E-state index contributed by atoms with van der Waals surface area (Å²) >= 11 is 0. The van der Waals surface area contributed by atoms with Crippen molar-refractivity contribution in [1.82, 2.24) is 4.90 Å². The summed E-state index contributed by atoms with van der Waals surface area (Å²) in [6, 6.07) is 35.8. The van der Waals surface area contributed by atoms with Crippen LogP contribution in [0.3, 0.4) is 0 Å². The van der Waals surface area contributed by atoms with Crippen LogP contribution in [-0.2, 0) is 18.8 Å². The molecule has 0 spiro atoms. The second-order valence-corrected chi connectivity index (χ2v) is 20.8. The number of esters is 1. The van der Waals surface area contributed by atoms with Gasteiger partial charge in [-0.1, -0.05) is 116 Å². The topological polar surface area (TPSA) is 82.1 Å². The molecule has 1 aliphatic rings. The van der Waals surface area contributed by atoms with Gasteiger partial charge in [0.15, 0.2) is 14.1 Å². The van der Waals surface area contributed by atoms with Crippen LogP contribution in [0.2, 0.25) is 19.6 Å². The Hall–Kier alpha value is -4.49. The molecule has 1 saturated heterocycles. The molecule has 4 aromatic carbocycles. The highest BCUT2D eigenvalue weighted by molar-refractivity contribution is 7.96. The lowest BCUT2D eigenvalue weighted by molar-refractivity contribution is -0.156. The molecule has 1 heterocycles. The Kier molecular flexibility index (Phi) is 11.2. The number of carbonyl (C=O) groups excluding carboxylic acids is 3. The summed E-state index contributed by atoms with van der Waals surface area (Å²) in [5.74, 6) is -1.18. The number of amides is 1. The van der Waals surface area contributed by atoms with Gasteiger partial charge in [0.1, 0.15) is 17.8 Å². The van der Waals surface area contributed by atoms with Gasteiger partial charge in [0.05, 0.1) is 25.2 Å². The van der Waals surface area contributed by atoms with E-state index in [1.165, 1.54) is 6.08 Å². The quantitative estimate of drug-likeness (QED) is 0.0392. The number of carbonyl (C=O) groups is 3. The molecule has 0 bridgehead atoms. The van der Waals surface area contributed by atoms with E-state index >= 15 is 0 Å². The molecule has 0 aromatic heterocycles. The van der Waals surface area contributed by atoms with Crippen molar-refractivity contribution in [3.63, 3.8) is 0 Å². The van der Waals surface area contributed by atoms with Crippen LogP contribution in [0, 0.1) is 5.92 Å². The molecule has 0 aliphatic carbocycles. The maximum atomic E-state index is 14.8. The summed E-state index contributed by atoms with van der Waals surface area (Å²) in [7, 11) is -0.546. The normalized spacial score (nSPS) is 16.7. The number of ketones is 1. The molecule has 0 saturated carbocycles. The predicted molar refractivity (Wildman–Crippen MR) is 201 cm³/mol. The van der Waals surface area contributed by atoms with Gasteiger partial charge in [-0.2, -0.15) is 0 Å². The van der Waals surface area contributed by atoms with Gasteiger partial charge in [-0.25, -0.2) is 4.79 Å². The standard InChI is InChI=1S/C40H44NO6PSi/c1-7-26-46-40(44)39(48(32-20-11-8-12-21-32,33-22-13-9-14-23-33)34-24-15-10-16-25-34)41-35(37(38(41)43)29(2)47-49(4,5)6)28-36(42)30-18-17-19-31(27-30)45-3/h7-25,27,29,35,37H,1,26,28H2,2-6H3/t29-,35-,37-/m1/s1. The molecule has 254 valence electrons. The van der Waals surface area contributed by atoms with Crippen molar-refractivity contribution in [2.24, 2.45) is 5.92 Å². The van der Waals surface area contributed by atoms with Gasteiger partial charge >= 0.3 is 5.97 Å². The first-order chi connectivity index (χ1) is 23.5. The lowest BCUT2D eigenvalue weighted by Crippen LogP contribution is -2.69. The zero-order chi connectivity index (χ0) is 35.2. The van der Waals surface area contributed by atoms with Crippen LogP contribution in [0.25, 0.3) is 0 Å². The minimum absolute atomic E-state index is 0.0282. The predicted octanol–water partition coefficient (Wildman–Crippen LogP) is 6.19. The van der Waals surface area contributed by atoms with Crippen molar-refractivity contribution in [2.45, 2.75) is 45.1 Å². The number of nitrogens with zero attached hydrogens (tertiary/aromatic N) is 1. The zero-order valence-electron chi connectivity index (χ0n) is 28.7. The van der Waals surface area contributed by atoms with E-state index in [2.05, 4.69) is 26.2 Å². The number of likely N-dealkylation sites (tertiary alicyclic amines) is 1. The maximum absolute atomic E-state index is 14.8. The zero-order valence-corrected chi connectivity index (χ0v) is 30.6. The third-order valence-corrected chi connectivity index (χ3v) is 13.9. The van der Waals surface area contributed by atoms with E-state index in [9.17, 15) is 14.4 Å². The number of methoxy groups -OCH3 is 1. The van der Waals surface area contributed by atoms with Gasteiger partial charge in [-0.15, -0.1) is 0 Å². The fourth-order valence-electron chi connectivity index (χ4n) is 6.66. The van der Waals surface area contributed by atoms with Crippen LogP contribution in [0.4, 0.5) is 0 Å². The number of hydrogen-bond donors (Lipinski definition) is 0. The smallest absolute Gasteiger partial charge is 0.356 e. The van der Waals surface area contributed by atoms with Crippen LogP contribution in [0.1, 0.15) is 23.7 Å². The average molecular weight is 694 g/mol. The van der Waals surface area contributed by atoms with Gasteiger partial charge in [-0.05, 0) is 54.6 Å². The Morgan fingerprint density at radius 2 is 1.39 bits per heavy atom. The Labute approximate surface area is 290 Å². The first kappa shape index (κ1) is 35.8. The highest BCUT2D eigenvalue weighted by Crippen LogP contribution is 2.50. The monoisotopic (exact) mass is 693 g/mol. The summed E-state index contributed by atoms with van der Waals surface area (Å²) in [6.45, 7) is 8.70. The van der Waals surface area contributed by atoms with Crippen LogP contribution < -0.4 is 20.7 Å². The molecule has 0 N–H and O–H groups in total. The van der Waals surface area contributed by atoms with Crippen LogP contribution >= 0.6 is 6.89 Å². The second kappa shape index (κ2) is 15.4. The summed E-state index contributed by atoms with van der Waals surface area (Å²) < 4.78 is 17.8. The Balaban J connectivity index is 1.84. The molecule has 49 heavy (non-hydrogen) atoms. The molecule has 9 heteroatoms. The van der Waals surface area contributed by atoms with Crippen molar-refractivity contribution in [3.8, 4) is 5.75 Å². The SMILES string of the molecule is C=CCOC(=O)C(N1C(=O)[C@H]([C@@H](C)O[Si](C)(C)C)[C@H]1CC(=O)c1cccc(OC)c1)=P(c1ccccc1)(c1ccccc1)c1ccccc1. The molecule has 3 atom stereocenters. The minimum Gasteiger partial charge on any atom is -0.497 e. The van der Waals surface area contributed by atoms with Crippen molar-refractivity contribution in [3.05, 3.63) is 133 Å². The number of benzene rings is 4. The number of hydrogen-bond acceptors (Lipinski definition) is 6. The Morgan fingerprint density at radius 1 is 0.857 bits per heavy atom. The Morgan fingerprint density at radius 3 is 1.86 bits per heavy atom. The van der Waals surface area contributed by atoms with E-state index < -0.39 is 39.2 Å². The molecule has 1 fully saturated rings. The molecule has 5 rings (SSSR count). The molecule has 1 aliphatic heterocycles. The third kappa shape index (κ3) is 7.42. The van der Waals surface area contributed by atoms with E-state index in [0.29, 0.717) is 11.3 Å². The number of rotatable bonds is 14. The molecule has 0 radical (unpaired) electrons. The molecule has 1 amide bonds. The first-order valence-electron chi connectivity index (χ1n) is 16.4. The number of Topliss-reactive ketones (excluding diaryl/α,β-unsaturated/α-hetero) is 1. The summed E-state index contributed by atoms with van der Waals surface area (Å²) in [4.78, 5) is 45.2. The van der Waals surface area contributed by atoms with E-state index in [1.807, 2.05) is 97.9 Å². The molecular formula is C40H44NO6PSi. The fraction of sp³-hybridized carbons (Fsp3) is 0.250. The van der Waals surface area contributed by atoms with E-state index in [-0.39, 0.29) is 30.1 Å². The van der Waals surface area contributed by atoms with Crippen molar-refractivity contribution >= 4 is 54.2 Å². The Bertz CT molecular complexity index is 1750. The number of ether oxygens (including phenoxy) is 2. The second-order valence-electron chi connectivity index (χ2n) is 13.0. The molecular weight excluding hydrogens is 650 g/mol. The molecule has 0 unspecified atom stereocenters. The van der Waals surface area contributed by atoms with Gasteiger partial charge in [0, 0.05) is 18.9 Å². The van der Waals surface area contributed by atoms with Gasteiger partial charge < -0.3 is 18.8 Å². The average Bonchev–Trinajstić information content (AvgIpc) is 3.10. The first-order valence-corrected chi connectivity index (χ1v) is 21.6. The van der Waals surface area contributed by atoms with Gasteiger partial charge in [-0.3, -0.25) is 9.59 Å². The van der Waals surface area contributed by atoms with E-state index in [4.69, 9.17) is 13.9 Å². The van der Waals surface area contributed by atoms with E-state index in [0.717, 1.165) is 15.9 Å². The van der Waals surface area contributed by atoms with Crippen LogP contribution in [0.5, 0.6) is 5.75 Å². The minimum atomic E-state index is -3.13. The molecule has 7 nitrogen and oxygen atoms in total. The summed E-state index contributed by atoms with van der Waals surface area (Å²) in [5.41, 5.74) is 0.685. The van der Waals surface area contributed by atoms with Crippen molar-refractivity contribution in [1.29, 1.82) is 0 Å². The van der Waals surface area contributed by atoms with E-state index in [1.54, 1.807) is 36.3 Å². The van der Waals surface area contributed by atoms with Crippen LogP contribution in [-0.4, -0.2) is 62.2 Å². The highest BCUT2D eigenvalue weighted by atomic mass is 31.2. The summed E-state index contributed by atoms with van der Waals surface area (Å²) in [5, 5.41) is 2.62. The third-order valence-electron chi connectivity index (χ3n) is 8.59. The number of β-lactam (4-membered cyclic amide) rings is 1. The fourth-order valence-corrected chi connectivity index (χ4v) is 12.3.